The van der Waals surface area contributed by atoms with E-state index in [0.717, 1.165) is 16.6 Å². The second-order valence-corrected chi connectivity index (χ2v) is 11.0. The number of fused-ring (bicyclic) bond motifs is 1. The number of carboxylic acid groups (broad SMARTS) is 1. The SMILES string of the molecule is CCc1cc2cc(C(=O)N(CC)Cc3nnn(C)n3)ccn2c1C(=O)c1ccc(CCC(C(C)C)N(CC)C(=O)O)cc1. The molecule has 0 saturated heterocycles. The Kier molecular flexibility index (Phi) is 9.95. The van der Waals surface area contributed by atoms with Crippen LogP contribution in [0.3, 0.4) is 0 Å². The maximum atomic E-state index is 13.8. The van der Waals surface area contributed by atoms with E-state index in [9.17, 15) is 19.5 Å². The molecule has 0 aliphatic rings. The van der Waals surface area contributed by atoms with Crippen LogP contribution in [0.2, 0.25) is 0 Å². The van der Waals surface area contributed by atoms with Crippen LogP contribution < -0.4 is 0 Å². The summed E-state index contributed by atoms with van der Waals surface area (Å²) < 4.78 is 1.85. The number of carbonyl (C=O) groups excluding carboxylic acids is 2. The standard InChI is InChI=1S/C32H41N7O4/c1-7-23-18-26-19-25(31(41)37(8-2)20-28-33-35-36(6)34-28)16-17-39(26)29(23)30(40)24-13-10-22(11-14-24)12-15-27(21(4)5)38(9-3)32(42)43/h10-11,13-14,16-19,21,27H,7-9,12,15,20H2,1-6H3,(H,42,43). The minimum absolute atomic E-state index is 0.0761. The van der Waals surface area contributed by atoms with Crippen LogP contribution in [0.5, 0.6) is 0 Å². The van der Waals surface area contributed by atoms with Gasteiger partial charge in [0.2, 0.25) is 5.78 Å². The number of hydrogen-bond acceptors (Lipinski definition) is 6. The molecular weight excluding hydrogens is 546 g/mol. The van der Waals surface area contributed by atoms with E-state index in [4.69, 9.17) is 0 Å². The van der Waals surface area contributed by atoms with Gasteiger partial charge >= 0.3 is 6.09 Å². The van der Waals surface area contributed by atoms with Gasteiger partial charge in [0.05, 0.1) is 19.3 Å². The van der Waals surface area contributed by atoms with Gasteiger partial charge in [-0.25, -0.2) is 4.79 Å². The van der Waals surface area contributed by atoms with E-state index in [2.05, 4.69) is 15.4 Å². The molecule has 0 saturated carbocycles. The molecule has 2 amide bonds. The molecule has 3 aromatic heterocycles. The van der Waals surface area contributed by atoms with E-state index in [-0.39, 0.29) is 30.2 Å². The molecule has 11 heteroatoms. The van der Waals surface area contributed by atoms with Crippen LogP contribution in [0.15, 0.2) is 48.7 Å². The first-order valence-corrected chi connectivity index (χ1v) is 14.9. The predicted octanol–water partition coefficient (Wildman–Crippen LogP) is 4.88. The van der Waals surface area contributed by atoms with Gasteiger partial charge < -0.3 is 19.3 Å². The van der Waals surface area contributed by atoms with Crippen molar-refractivity contribution in [3.63, 3.8) is 0 Å². The number of pyridine rings is 1. The molecular formula is C32H41N7O4. The Hall–Kier alpha value is -4.54. The van der Waals surface area contributed by atoms with Crippen LogP contribution in [0.4, 0.5) is 4.79 Å². The number of nitrogens with zero attached hydrogens (tertiary/aromatic N) is 7. The van der Waals surface area contributed by atoms with Gasteiger partial charge in [0.25, 0.3) is 5.91 Å². The summed E-state index contributed by atoms with van der Waals surface area (Å²) in [5.41, 5.74) is 4.41. The van der Waals surface area contributed by atoms with Crippen LogP contribution in [0, 0.1) is 5.92 Å². The van der Waals surface area contributed by atoms with Crippen LogP contribution in [-0.2, 0) is 26.4 Å². The van der Waals surface area contributed by atoms with Gasteiger partial charge in [-0.15, -0.1) is 10.2 Å². The molecule has 0 radical (unpaired) electrons. The zero-order chi connectivity index (χ0) is 31.3. The van der Waals surface area contributed by atoms with Crippen molar-refractivity contribution in [3.05, 3.63) is 82.4 Å². The number of ketones is 1. The largest absolute Gasteiger partial charge is 0.465 e. The van der Waals surface area contributed by atoms with Crippen LogP contribution in [0.25, 0.3) is 5.52 Å². The first-order valence-electron chi connectivity index (χ1n) is 14.9. The van der Waals surface area contributed by atoms with E-state index < -0.39 is 6.09 Å². The minimum Gasteiger partial charge on any atom is -0.465 e. The van der Waals surface area contributed by atoms with Crippen molar-refractivity contribution in [2.75, 3.05) is 13.1 Å². The van der Waals surface area contributed by atoms with Gasteiger partial charge in [-0.2, -0.15) is 4.80 Å². The van der Waals surface area contributed by atoms with E-state index in [0.29, 0.717) is 55.0 Å². The summed E-state index contributed by atoms with van der Waals surface area (Å²) >= 11 is 0. The normalized spacial score (nSPS) is 12.1. The zero-order valence-corrected chi connectivity index (χ0v) is 25.8. The first kappa shape index (κ1) is 31.4. The molecule has 1 atom stereocenters. The van der Waals surface area contributed by atoms with Crippen molar-refractivity contribution in [1.82, 2.24) is 34.4 Å². The minimum atomic E-state index is -0.896. The summed E-state index contributed by atoms with van der Waals surface area (Å²) in [6.07, 6.45) is 2.98. The second-order valence-electron chi connectivity index (χ2n) is 11.0. The molecule has 4 rings (SSSR count). The molecule has 228 valence electrons. The topological polar surface area (TPSA) is 126 Å². The Morgan fingerprint density at radius 3 is 2.26 bits per heavy atom. The fraction of sp³-hybridized carbons (Fsp3) is 0.438. The monoisotopic (exact) mass is 587 g/mol. The molecule has 0 bridgehead atoms. The number of aryl methyl sites for hydroxylation is 3. The van der Waals surface area contributed by atoms with Crippen LogP contribution >= 0.6 is 0 Å². The highest BCUT2D eigenvalue weighted by atomic mass is 16.4. The first-order chi connectivity index (χ1) is 20.6. The lowest BCUT2D eigenvalue weighted by atomic mass is 9.94. The highest BCUT2D eigenvalue weighted by Gasteiger charge is 2.25. The van der Waals surface area contributed by atoms with Gasteiger partial charge in [-0.1, -0.05) is 45.0 Å². The van der Waals surface area contributed by atoms with Crippen molar-refractivity contribution in [2.24, 2.45) is 13.0 Å². The molecule has 1 unspecified atom stereocenters. The molecule has 11 nitrogen and oxygen atoms in total. The Morgan fingerprint density at radius 2 is 1.70 bits per heavy atom. The van der Waals surface area contributed by atoms with E-state index >= 15 is 0 Å². The highest BCUT2D eigenvalue weighted by molar-refractivity contribution is 6.10. The summed E-state index contributed by atoms with van der Waals surface area (Å²) in [6, 6.07) is 13.0. The van der Waals surface area contributed by atoms with Gasteiger partial charge in [0.1, 0.15) is 0 Å². The molecule has 1 aromatic carbocycles. The van der Waals surface area contributed by atoms with Gasteiger partial charge in [0.15, 0.2) is 5.82 Å². The molecule has 3 heterocycles. The van der Waals surface area contributed by atoms with Gasteiger partial charge in [0, 0.05) is 42.0 Å². The second kappa shape index (κ2) is 13.6. The fourth-order valence-corrected chi connectivity index (χ4v) is 5.59. The molecule has 0 aliphatic carbocycles. The van der Waals surface area contributed by atoms with Crippen molar-refractivity contribution in [2.45, 2.75) is 66.5 Å². The summed E-state index contributed by atoms with van der Waals surface area (Å²) in [5, 5.41) is 21.6. The van der Waals surface area contributed by atoms with Crippen molar-refractivity contribution in [3.8, 4) is 0 Å². The fourth-order valence-electron chi connectivity index (χ4n) is 5.59. The molecule has 0 spiro atoms. The van der Waals surface area contributed by atoms with Crippen LogP contribution in [0.1, 0.15) is 84.4 Å². The quantitative estimate of drug-likeness (QED) is 0.221. The zero-order valence-electron chi connectivity index (χ0n) is 25.8. The Balaban J connectivity index is 1.53. The number of benzene rings is 1. The number of carbonyl (C=O) groups is 3. The summed E-state index contributed by atoms with van der Waals surface area (Å²) in [7, 11) is 1.68. The van der Waals surface area contributed by atoms with Crippen LogP contribution in [-0.4, -0.2) is 76.4 Å². The van der Waals surface area contributed by atoms with Gasteiger partial charge in [-0.05, 0) is 73.6 Å². The molecule has 0 fully saturated rings. The Bertz CT molecular complexity index is 1590. The third-order valence-electron chi connectivity index (χ3n) is 7.95. The average molecular weight is 588 g/mol. The molecule has 0 aliphatic heterocycles. The highest BCUT2D eigenvalue weighted by Crippen LogP contribution is 2.24. The van der Waals surface area contributed by atoms with Crippen molar-refractivity contribution < 1.29 is 19.5 Å². The number of hydrogen-bond donors (Lipinski definition) is 1. The van der Waals surface area contributed by atoms with E-state index in [1.54, 1.807) is 24.2 Å². The van der Waals surface area contributed by atoms with Crippen molar-refractivity contribution in [1.29, 1.82) is 0 Å². The van der Waals surface area contributed by atoms with E-state index in [1.165, 1.54) is 9.70 Å². The third kappa shape index (κ3) is 6.93. The Morgan fingerprint density at radius 1 is 0.977 bits per heavy atom. The third-order valence-corrected chi connectivity index (χ3v) is 7.95. The number of rotatable bonds is 13. The maximum absolute atomic E-state index is 13.8. The summed E-state index contributed by atoms with van der Waals surface area (Å²) in [5.74, 6) is 0.430. The lowest BCUT2D eigenvalue weighted by Gasteiger charge is -2.31. The lowest BCUT2D eigenvalue weighted by Crippen LogP contribution is -2.42. The predicted molar refractivity (Wildman–Crippen MR) is 163 cm³/mol. The number of tetrazole rings is 1. The van der Waals surface area contributed by atoms with E-state index in [1.807, 2.05) is 75.4 Å². The molecule has 4 aromatic rings. The summed E-state index contributed by atoms with van der Waals surface area (Å²) in [4.78, 5) is 43.3. The number of amides is 2. The maximum Gasteiger partial charge on any atom is 0.407 e. The summed E-state index contributed by atoms with van der Waals surface area (Å²) in [6.45, 7) is 11.0. The average Bonchev–Trinajstić information content (AvgIpc) is 3.59. The van der Waals surface area contributed by atoms with Crippen molar-refractivity contribution >= 4 is 23.3 Å². The molecule has 43 heavy (non-hydrogen) atoms. The van der Waals surface area contributed by atoms with Gasteiger partial charge in [-0.3, -0.25) is 9.59 Å². The number of aromatic nitrogens is 5. The lowest BCUT2D eigenvalue weighted by molar-refractivity contribution is 0.0748. The molecule has 1 N–H and O–H groups in total. The Labute approximate surface area is 252 Å². The smallest absolute Gasteiger partial charge is 0.407 e.